The normalized spacial score (nSPS) is 19.0. The maximum atomic E-state index is 12.5. The zero-order chi connectivity index (χ0) is 17.9. The third kappa shape index (κ3) is 3.62. The molecular formula is C19H23N3O3S. The number of anilines is 1. The van der Waals surface area contributed by atoms with Gasteiger partial charge < -0.3 is 19.7 Å². The molecule has 6 nitrogen and oxygen atoms in total. The van der Waals surface area contributed by atoms with Crippen LogP contribution >= 0.6 is 11.3 Å². The van der Waals surface area contributed by atoms with Crippen LogP contribution in [0.4, 0.5) is 5.13 Å². The molecule has 2 aliphatic heterocycles. The summed E-state index contributed by atoms with van der Waals surface area (Å²) in [7, 11) is 1.63. The zero-order valence-electron chi connectivity index (χ0n) is 14.9. The monoisotopic (exact) mass is 373 g/mol. The molecule has 2 aliphatic rings. The van der Waals surface area contributed by atoms with Crippen LogP contribution in [0.2, 0.25) is 0 Å². The molecule has 7 heteroatoms. The number of methoxy groups -OCH3 is 1. The Morgan fingerprint density at radius 3 is 3.08 bits per heavy atom. The maximum absolute atomic E-state index is 12.5. The van der Waals surface area contributed by atoms with Crippen LogP contribution in [0.3, 0.4) is 0 Å². The van der Waals surface area contributed by atoms with Gasteiger partial charge in [0.1, 0.15) is 18.1 Å². The van der Waals surface area contributed by atoms with Crippen molar-refractivity contribution in [3.05, 3.63) is 34.8 Å². The highest BCUT2D eigenvalue weighted by Gasteiger charge is 2.26. The highest BCUT2D eigenvalue weighted by molar-refractivity contribution is 7.13. The Labute approximate surface area is 157 Å². The Balaban J connectivity index is 1.32. The standard InChI is InChI=1S/C19H23N3O3S/c1-24-16-5-4-13-8-14(11-25-17(13)9-16)18(23)20-10-15-12-26-19(21-15)22-6-2-3-7-22/h4-5,9,12,14H,2-3,6-8,10-11H2,1H3,(H,20,23). The van der Waals surface area contributed by atoms with E-state index in [0.29, 0.717) is 19.6 Å². The summed E-state index contributed by atoms with van der Waals surface area (Å²) in [6, 6.07) is 5.74. The van der Waals surface area contributed by atoms with Crippen LogP contribution in [0.15, 0.2) is 23.6 Å². The minimum Gasteiger partial charge on any atom is -0.497 e. The molecule has 3 heterocycles. The topological polar surface area (TPSA) is 63.7 Å². The van der Waals surface area contributed by atoms with Crippen LogP contribution in [-0.4, -0.2) is 37.7 Å². The quantitative estimate of drug-likeness (QED) is 0.873. The minimum atomic E-state index is -0.174. The number of thiazole rings is 1. The summed E-state index contributed by atoms with van der Waals surface area (Å²) in [5, 5.41) is 6.11. The molecule has 0 saturated carbocycles. The SMILES string of the molecule is COc1ccc2c(c1)OCC(C(=O)NCc1csc(N3CCCC3)n1)C2. The lowest BCUT2D eigenvalue weighted by Gasteiger charge is -2.24. The van der Waals surface area contributed by atoms with E-state index in [4.69, 9.17) is 9.47 Å². The molecule has 1 aromatic carbocycles. The van der Waals surface area contributed by atoms with E-state index in [0.717, 1.165) is 41.0 Å². The molecule has 1 N–H and O–H groups in total. The van der Waals surface area contributed by atoms with Gasteiger partial charge in [-0.25, -0.2) is 4.98 Å². The number of aromatic nitrogens is 1. The second-order valence-corrected chi connectivity index (χ2v) is 7.56. The molecule has 2 aromatic rings. The van der Waals surface area contributed by atoms with E-state index in [1.807, 2.05) is 23.6 Å². The Bertz CT molecular complexity index is 786. The molecule has 0 bridgehead atoms. The van der Waals surface area contributed by atoms with Crippen LogP contribution in [0.25, 0.3) is 0 Å². The van der Waals surface area contributed by atoms with Crippen molar-refractivity contribution in [2.45, 2.75) is 25.8 Å². The number of rotatable bonds is 5. The number of benzene rings is 1. The number of ether oxygens (including phenoxy) is 2. The number of fused-ring (bicyclic) bond motifs is 1. The first-order chi connectivity index (χ1) is 12.7. The maximum Gasteiger partial charge on any atom is 0.227 e. The zero-order valence-corrected chi connectivity index (χ0v) is 15.7. The number of nitrogens with zero attached hydrogens (tertiary/aromatic N) is 2. The fourth-order valence-corrected chi connectivity index (χ4v) is 4.28. The van der Waals surface area contributed by atoms with Crippen LogP contribution in [0, 0.1) is 5.92 Å². The Morgan fingerprint density at radius 2 is 2.27 bits per heavy atom. The third-order valence-electron chi connectivity index (χ3n) is 4.91. The van der Waals surface area contributed by atoms with E-state index < -0.39 is 0 Å². The van der Waals surface area contributed by atoms with E-state index in [9.17, 15) is 4.79 Å². The summed E-state index contributed by atoms with van der Waals surface area (Å²) < 4.78 is 11.0. The molecule has 1 saturated heterocycles. The van der Waals surface area contributed by atoms with E-state index in [-0.39, 0.29) is 11.8 Å². The summed E-state index contributed by atoms with van der Waals surface area (Å²) in [4.78, 5) is 19.5. The van der Waals surface area contributed by atoms with E-state index in [1.54, 1.807) is 18.4 Å². The fraction of sp³-hybridized carbons (Fsp3) is 0.474. The Morgan fingerprint density at radius 1 is 1.42 bits per heavy atom. The highest BCUT2D eigenvalue weighted by atomic mass is 32.1. The van der Waals surface area contributed by atoms with Crippen molar-refractivity contribution in [2.24, 2.45) is 5.92 Å². The summed E-state index contributed by atoms with van der Waals surface area (Å²) >= 11 is 1.66. The largest absolute Gasteiger partial charge is 0.497 e. The molecule has 1 fully saturated rings. The van der Waals surface area contributed by atoms with Gasteiger partial charge in [0.2, 0.25) is 5.91 Å². The average Bonchev–Trinajstić information content (AvgIpc) is 3.36. The molecule has 1 atom stereocenters. The molecule has 0 spiro atoms. The number of amides is 1. The highest BCUT2D eigenvalue weighted by Crippen LogP contribution is 2.31. The predicted molar refractivity (Wildman–Crippen MR) is 101 cm³/mol. The van der Waals surface area contributed by atoms with Crippen molar-refractivity contribution in [2.75, 3.05) is 31.7 Å². The average molecular weight is 373 g/mol. The third-order valence-corrected chi connectivity index (χ3v) is 5.86. The van der Waals surface area contributed by atoms with Crippen molar-refractivity contribution >= 4 is 22.4 Å². The van der Waals surface area contributed by atoms with Crippen LogP contribution < -0.4 is 19.7 Å². The van der Waals surface area contributed by atoms with Crippen LogP contribution in [0.5, 0.6) is 11.5 Å². The molecular weight excluding hydrogens is 350 g/mol. The lowest BCUT2D eigenvalue weighted by atomic mass is 9.96. The number of nitrogens with one attached hydrogen (secondary N) is 1. The van der Waals surface area contributed by atoms with Gasteiger partial charge in [-0.1, -0.05) is 6.07 Å². The second-order valence-electron chi connectivity index (χ2n) is 6.72. The van der Waals surface area contributed by atoms with Gasteiger partial charge in [-0.15, -0.1) is 11.3 Å². The molecule has 1 amide bonds. The van der Waals surface area contributed by atoms with E-state index in [2.05, 4.69) is 15.2 Å². The van der Waals surface area contributed by atoms with E-state index in [1.165, 1.54) is 12.8 Å². The number of carbonyl (C=O) groups is 1. The first kappa shape index (κ1) is 17.1. The number of hydrogen-bond acceptors (Lipinski definition) is 6. The minimum absolute atomic E-state index is 0.0159. The lowest BCUT2D eigenvalue weighted by Crippen LogP contribution is -2.37. The summed E-state index contributed by atoms with van der Waals surface area (Å²) in [5.41, 5.74) is 1.97. The first-order valence-corrected chi connectivity index (χ1v) is 9.87. The van der Waals surface area contributed by atoms with Crippen molar-refractivity contribution in [3.63, 3.8) is 0 Å². The summed E-state index contributed by atoms with van der Waals surface area (Å²) in [6.07, 6.45) is 3.16. The van der Waals surface area contributed by atoms with Crippen molar-refractivity contribution in [1.82, 2.24) is 10.3 Å². The molecule has 138 valence electrons. The molecule has 0 aliphatic carbocycles. The summed E-state index contributed by atoms with van der Waals surface area (Å²) in [5.74, 6) is 1.42. The fourth-order valence-electron chi connectivity index (χ4n) is 3.40. The van der Waals surface area contributed by atoms with E-state index >= 15 is 0 Å². The summed E-state index contributed by atoms with van der Waals surface area (Å²) in [6.45, 7) is 3.03. The Kier molecular flexibility index (Phi) is 4.97. The van der Waals surface area contributed by atoms with Gasteiger partial charge in [0.15, 0.2) is 5.13 Å². The van der Waals surface area contributed by atoms with Gasteiger partial charge in [-0.2, -0.15) is 0 Å². The number of hydrogen-bond donors (Lipinski definition) is 1. The first-order valence-electron chi connectivity index (χ1n) is 8.99. The number of carbonyl (C=O) groups excluding carboxylic acids is 1. The smallest absolute Gasteiger partial charge is 0.227 e. The van der Waals surface area contributed by atoms with Gasteiger partial charge >= 0.3 is 0 Å². The van der Waals surface area contributed by atoms with Gasteiger partial charge in [-0.3, -0.25) is 4.79 Å². The second kappa shape index (κ2) is 7.53. The molecule has 0 radical (unpaired) electrons. The van der Waals surface area contributed by atoms with Crippen molar-refractivity contribution in [1.29, 1.82) is 0 Å². The van der Waals surface area contributed by atoms with Gasteiger partial charge in [0.25, 0.3) is 0 Å². The molecule has 4 rings (SSSR count). The molecule has 1 aromatic heterocycles. The van der Waals surface area contributed by atoms with Crippen molar-refractivity contribution < 1.29 is 14.3 Å². The molecule has 1 unspecified atom stereocenters. The predicted octanol–water partition coefficient (Wildman–Crippen LogP) is 2.62. The Hall–Kier alpha value is -2.28. The van der Waals surface area contributed by atoms with Crippen molar-refractivity contribution in [3.8, 4) is 11.5 Å². The van der Waals surface area contributed by atoms with Crippen LogP contribution in [0.1, 0.15) is 24.1 Å². The van der Waals surface area contributed by atoms with Gasteiger partial charge in [0, 0.05) is 24.5 Å². The van der Waals surface area contributed by atoms with Gasteiger partial charge in [0.05, 0.1) is 25.3 Å². The molecule has 26 heavy (non-hydrogen) atoms. The van der Waals surface area contributed by atoms with Gasteiger partial charge in [-0.05, 0) is 30.9 Å². The van der Waals surface area contributed by atoms with Crippen LogP contribution in [-0.2, 0) is 17.8 Å². The lowest BCUT2D eigenvalue weighted by molar-refractivity contribution is -0.126.